The van der Waals surface area contributed by atoms with Crippen LogP contribution < -0.4 is 5.73 Å². The van der Waals surface area contributed by atoms with Gasteiger partial charge in [-0.15, -0.1) is 12.4 Å². The maximum absolute atomic E-state index is 12.0. The molecule has 0 bridgehead atoms. The maximum Gasteiger partial charge on any atom is 0.442 e. The molecule has 0 aromatic rings. The fraction of sp³-hybridized carbons (Fsp3) is 0.900. The lowest BCUT2D eigenvalue weighted by molar-refractivity contribution is -0.132. The van der Waals surface area contributed by atoms with Crippen molar-refractivity contribution in [2.45, 2.75) is 31.8 Å². The lowest BCUT2D eigenvalue weighted by Crippen LogP contribution is -2.54. The van der Waals surface area contributed by atoms with Crippen molar-refractivity contribution < 1.29 is 18.0 Å². The van der Waals surface area contributed by atoms with Crippen molar-refractivity contribution in [1.82, 2.24) is 4.90 Å². The second-order valence-corrected chi connectivity index (χ2v) is 5.97. The molecule has 0 saturated carbocycles. The van der Waals surface area contributed by atoms with Crippen molar-refractivity contribution in [3.8, 4) is 0 Å². The van der Waals surface area contributed by atoms with Crippen LogP contribution in [0.15, 0.2) is 0 Å². The number of amides is 1. The number of rotatable bonds is 2. The van der Waals surface area contributed by atoms with E-state index in [1.807, 2.05) is 13.8 Å². The second-order valence-electron chi connectivity index (χ2n) is 4.93. The lowest BCUT2D eigenvalue weighted by atomic mass is 9.80. The average molecular weight is 307 g/mol. The molecule has 108 valence electrons. The second kappa shape index (κ2) is 6.34. The van der Waals surface area contributed by atoms with E-state index in [0.717, 1.165) is 0 Å². The van der Waals surface area contributed by atoms with Gasteiger partial charge in [0, 0.05) is 19.1 Å². The van der Waals surface area contributed by atoms with E-state index >= 15 is 0 Å². The van der Waals surface area contributed by atoms with Gasteiger partial charge in [-0.3, -0.25) is 4.79 Å². The number of likely N-dealkylation sites (tertiary alicyclic amines) is 1. The van der Waals surface area contributed by atoms with Crippen LogP contribution in [-0.4, -0.2) is 41.2 Å². The first kappa shape index (κ1) is 17.9. The van der Waals surface area contributed by atoms with Gasteiger partial charge in [0.15, 0.2) is 0 Å². The molecule has 1 heterocycles. The highest BCUT2D eigenvalue weighted by molar-refractivity contribution is 8.00. The Bertz CT molecular complexity index is 299. The smallest absolute Gasteiger partial charge is 0.341 e. The summed E-state index contributed by atoms with van der Waals surface area (Å²) in [6, 6.07) is -0.0122. The minimum Gasteiger partial charge on any atom is -0.341 e. The molecule has 2 N–H and O–H groups in total. The van der Waals surface area contributed by atoms with Crippen molar-refractivity contribution in [3.63, 3.8) is 0 Å². The molecule has 1 aliphatic heterocycles. The molecule has 1 atom stereocenters. The Morgan fingerprint density at radius 2 is 2.06 bits per heavy atom. The molecule has 1 rings (SSSR count). The van der Waals surface area contributed by atoms with Crippen LogP contribution >= 0.6 is 24.2 Å². The predicted molar refractivity (Wildman–Crippen MR) is 68.7 cm³/mol. The third-order valence-electron chi connectivity index (χ3n) is 3.02. The van der Waals surface area contributed by atoms with E-state index in [1.54, 1.807) is 0 Å². The predicted octanol–water partition coefficient (Wildman–Crippen LogP) is 2.25. The molecule has 1 amide bonds. The maximum atomic E-state index is 12.0. The van der Waals surface area contributed by atoms with E-state index < -0.39 is 17.2 Å². The first-order chi connectivity index (χ1) is 7.62. The zero-order valence-corrected chi connectivity index (χ0v) is 11.9. The monoisotopic (exact) mass is 306 g/mol. The summed E-state index contributed by atoms with van der Waals surface area (Å²) < 4.78 is 35.9. The quantitative estimate of drug-likeness (QED) is 0.851. The molecule has 18 heavy (non-hydrogen) atoms. The number of piperidine rings is 1. The zero-order valence-electron chi connectivity index (χ0n) is 10.3. The highest BCUT2D eigenvalue weighted by Gasteiger charge is 2.36. The fourth-order valence-corrected chi connectivity index (χ4v) is 2.29. The normalized spacial score (nSPS) is 23.4. The van der Waals surface area contributed by atoms with E-state index in [1.165, 1.54) is 4.90 Å². The molecule has 0 spiro atoms. The lowest BCUT2D eigenvalue weighted by Gasteiger charge is -2.42. The number of hydrogen-bond donors (Lipinski definition) is 1. The minimum absolute atomic E-state index is 0. The molecule has 1 aliphatic rings. The van der Waals surface area contributed by atoms with Crippen LogP contribution in [0.2, 0.25) is 0 Å². The number of hydrogen-bond acceptors (Lipinski definition) is 3. The van der Waals surface area contributed by atoms with E-state index in [-0.39, 0.29) is 35.6 Å². The first-order valence-corrected chi connectivity index (χ1v) is 6.34. The van der Waals surface area contributed by atoms with E-state index in [9.17, 15) is 18.0 Å². The highest BCUT2D eigenvalue weighted by atomic mass is 35.5. The summed E-state index contributed by atoms with van der Waals surface area (Å²) >= 11 is -0.286. The van der Waals surface area contributed by atoms with Crippen LogP contribution in [0.4, 0.5) is 13.2 Å². The minimum atomic E-state index is -4.35. The number of halogens is 4. The van der Waals surface area contributed by atoms with Gasteiger partial charge in [0.2, 0.25) is 5.91 Å². The Labute approximate surface area is 115 Å². The number of nitrogens with two attached hydrogens (primary N) is 1. The van der Waals surface area contributed by atoms with Crippen LogP contribution in [0.25, 0.3) is 0 Å². The molecule has 8 heteroatoms. The number of carbonyl (C=O) groups is 1. The van der Waals surface area contributed by atoms with Gasteiger partial charge in [0.1, 0.15) is 0 Å². The van der Waals surface area contributed by atoms with Gasteiger partial charge in [0.25, 0.3) is 0 Å². The first-order valence-electron chi connectivity index (χ1n) is 5.36. The third kappa shape index (κ3) is 5.24. The molecule has 0 aromatic heterocycles. The standard InChI is InChI=1S/C10H17F3N2OS.ClH/c1-9(2)6-15(4-3-7(9)14)8(16)5-17-10(11,12)13;/h7H,3-6,14H2,1-2H3;1H. The topological polar surface area (TPSA) is 46.3 Å². The largest absolute Gasteiger partial charge is 0.442 e. The summed E-state index contributed by atoms with van der Waals surface area (Å²) in [5, 5.41) is 0. The molecule has 1 saturated heterocycles. The summed E-state index contributed by atoms with van der Waals surface area (Å²) in [7, 11) is 0. The molecule has 0 aliphatic carbocycles. The number of alkyl halides is 3. The molecular formula is C10H18ClF3N2OS. The summed E-state index contributed by atoms with van der Waals surface area (Å²) in [5.74, 6) is -1.01. The van der Waals surface area contributed by atoms with Crippen molar-refractivity contribution >= 4 is 30.1 Å². The zero-order chi connectivity index (χ0) is 13.3. The Morgan fingerprint density at radius 1 is 1.50 bits per heavy atom. The van der Waals surface area contributed by atoms with E-state index in [2.05, 4.69) is 0 Å². The van der Waals surface area contributed by atoms with Gasteiger partial charge in [-0.25, -0.2) is 0 Å². The molecular weight excluding hydrogens is 289 g/mol. The van der Waals surface area contributed by atoms with Gasteiger partial charge in [-0.2, -0.15) is 13.2 Å². The summed E-state index contributed by atoms with van der Waals surface area (Å²) in [4.78, 5) is 13.1. The average Bonchev–Trinajstić information content (AvgIpc) is 2.17. The number of thioether (sulfide) groups is 1. The van der Waals surface area contributed by atoms with Crippen molar-refractivity contribution in [1.29, 1.82) is 0 Å². The third-order valence-corrected chi connectivity index (χ3v) is 3.74. The van der Waals surface area contributed by atoms with Crippen molar-refractivity contribution in [2.24, 2.45) is 11.1 Å². The van der Waals surface area contributed by atoms with Crippen molar-refractivity contribution in [3.05, 3.63) is 0 Å². The van der Waals surface area contributed by atoms with Crippen LogP contribution in [-0.2, 0) is 4.79 Å². The van der Waals surface area contributed by atoms with E-state index in [0.29, 0.717) is 19.5 Å². The Morgan fingerprint density at radius 3 is 2.50 bits per heavy atom. The Kier molecular flexibility index (Phi) is 6.29. The van der Waals surface area contributed by atoms with Crippen molar-refractivity contribution in [2.75, 3.05) is 18.8 Å². The fourth-order valence-electron chi connectivity index (χ4n) is 1.82. The summed E-state index contributed by atoms with van der Waals surface area (Å²) in [6.45, 7) is 4.72. The Hall–Kier alpha value is -0.140. The molecule has 1 fully saturated rings. The van der Waals surface area contributed by atoms with Gasteiger partial charge in [0.05, 0.1) is 5.75 Å². The SMILES string of the molecule is CC1(C)CN(C(=O)CSC(F)(F)F)CCC1N.Cl. The molecule has 3 nitrogen and oxygen atoms in total. The highest BCUT2D eigenvalue weighted by Crippen LogP contribution is 2.32. The summed E-state index contributed by atoms with van der Waals surface area (Å²) in [6.07, 6.45) is 0.634. The Balaban J connectivity index is 0.00000289. The number of carbonyl (C=O) groups excluding carboxylic acids is 1. The van der Waals surface area contributed by atoms with Gasteiger partial charge >= 0.3 is 5.51 Å². The van der Waals surface area contributed by atoms with Gasteiger partial charge < -0.3 is 10.6 Å². The summed E-state index contributed by atoms with van der Waals surface area (Å²) in [5.41, 5.74) is 1.31. The van der Waals surface area contributed by atoms with Crippen LogP contribution in [0, 0.1) is 5.41 Å². The molecule has 1 unspecified atom stereocenters. The van der Waals surface area contributed by atoms with Crippen LogP contribution in [0.1, 0.15) is 20.3 Å². The van der Waals surface area contributed by atoms with E-state index in [4.69, 9.17) is 5.73 Å². The number of nitrogens with zero attached hydrogens (tertiary/aromatic N) is 1. The van der Waals surface area contributed by atoms with Gasteiger partial charge in [-0.1, -0.05) is 13.8 Å². The van der Waals surface area contributed by atoms with Gasteiger partial charge in [-0.05, 0) is 23.6 Å². The van der Waals surface area contributed by atoms with Crippen LogP contribution in [0.3, 0.4) is 0 Å². The van der Waals surface area contributed by atoms with Crippen LogP contribution in [0.5, 0.6) is 0 Å². The molecule has 0 radical (unpaired) electrons. The molecule has 0 aromatic carbocycles.